The normalized spacial score (nSPS) is 18.2. The van der Waals surface area contributed by atoms with Gasteiger partial charge in [-0.15, -0.1) is 0 Å². The highest BCUT2D eigenvalue weighted by Gasteiger charge is 2.19. The summed E-state index contributed by atoms with van der Waals surface area (Å²) >= 11 is 0. The van der Waals surface area contributed by atoms with Crippen molar-refractivity contribution in [1.82, 2.24) is 0 Å². The van der Waals surface area contributed by atoms with Gasteiger partial charge in [0, 0.05) is 5.56 Å². The molecule has 2 nitrogen and oxygen atoms in total. The van der Waals surface area contributed by atoms with Crippen LogP contribution in [0.3, 0.4) is 0 Å². The van der Waals surface area contributed by atoms with Crippen LogP contribution in [0, 0.1) is 0 Å². The predicted molar refractivity (Wildman–Crippen MR) is 69.2 cm³/mol. The van der Waals surface area contributed by atoms with Gasteiger partial charge in [0.1, 0.15) is 0 Å². The number of rotatable bonds is 5. The van der Waals surface area contributed by atoms with E-state index in [1.54, 1.807) is 6.26 Å². The molecule has 0 spiro atoms. The van der Waals surface area contributed by atoms with E-state index in [1.165, 1.54) is 31.3 Å². The second-order valence-electron chi connectivity index (χ2n) is 4.53. The second kappa shape index (κ2) is 5.87. The molecule has 2 rings (SSSR count). The van der Waals surface area contributed by atoms with E-state index in [1.807, 2.05) is 18.2 Å². The van der Waals surface area contributed by atoms with Gasteiger partial charge in [-0.2, -0.15) is 0 Å². The average Bonchev–Trinajstić information content (AvgIpc) is 2.37. The van der Waals surface area contributed by atoms with Crippen LogP contribution < -0.4 is 0 Å². The van der Waals surface area contributed by atoms with Crippen LogP contribution in [0.1, 0.15) is 56.4 Å². The van der Waals surface area contributed by atoms with Gasteiger partial charge in [-0.25, -0.2) is 0 Å². The minimum atomic E-state index is -0.800. The molecule has 0 fully saturated rings. The van der Waals surface area contributed by atoms with Crippen molar-refractivity contribution in [2.24, 2.45) is 0 Å². The van der Waals surface area contributed by atoms with Crippen LogP contribution in [-0.4, -0.2) is 5.11 Å². The largest absolute Gasteiger partial charge is 0.468 e. The maximum absolute atomic E-state index is 9.72. The summed E-state index contributed by atoms with van der Waals surface area (Å²) in [6.07, 6.45) is 6.95. The Hall–Kier alpha value is -1.28. The zero-order valence-corrected chi connectivity index (χ0v) is 10.4. The molecule has 0 saturated heterocycles. The Labute approximate surface area is 103 Å². The lowest BCUT2D eigenvalue weighted by Gasteiger charge is -2.22. The number of allylic oxidation sites excluding steroid dienone is 1. The van der Waals surface area contributed by atoms with Gasteiger partial charge in [-0.1, -0.05) is 50.5 Å². The SMILES string of the molecule is CCCCCCC1=COC(O)c2ccccc21. The van der Waals surface area contributed by atoms with Crippen LogP contribution in [0.5, 0.6) is 0 Å². The molecular weight excluding hydrogens is 212 g/mol. The maximum atomic E-state index is 9.72. The first kappa shape index (κ1) is 12.2. The summed E-state index contributed by atoms with van der Waals surface area (Å²) in [5.74, 6) is 0. The Morgan fingerprint density at radius 1 is 1.18 bits per heavy atom. The van der Waals surface area contributed by atoms with Gasteiger partial charge in [0.15, 0.2) is 0 Å². The molecule has 92 valence electrons. The van der Waals surface area contributed by atoms with E-state index < -0.39 is 6.29 Å². The van der Waals surface area contributed by atoms with Crippen LogP contribution >= 0.6 is 0 Å². The summed E-state index contributed by atoms with van der Waals surface area (Å²) in [6, 6.07) is 7.94. The number of hydrogen-bond acceptors (Lipinski definition) is 2. The smallest absolute Gasteiger partial charge is 0.223 e. The standard InChI is InChI=1S/C15H20O2/c1-2-3-4-5-8-12-11-17-15(16)14-10-7-6-9-13(12)14/h6-7,9-11,15-16H,2-5,8H2,1H3. The highest BCUT2D eigenvalue weighted by atomic mass is 16.6. The van der Waals surface area contributed by atoms with Crippen molar-refractivity contribution in [2.75, 3.05) is 0 Å². The number of benzene rings is 1. The Morgan fingerprint density at radius 3 is 2.82 bits per heavy atom. The molecular formula is C15H20O2. The molecule has 1 aromatic carbocycles. The first-order valence-corrected chi connectivity index (χ1v) is 6.44. The van der Waals surface area contributed by atoms with E-state index in [4.69, 9.17) is 4.74 Å². The molecule has 0 radical (unpaired) electrons. The third kappa shape index (κ3) is 2.89. The zero-order chi connectivity index (χ0) is 12.1. The number of hydrogen-bond donors (Lipinski definition) is 1. The lowest BCUT2D eigenvalue weighted by Crippen LogP contribution is -2.08. The fourth-order valence-electron chi connectivity index (χ4n) is 2.22. The third-order valence-corrected chi connectivity index (χ3v) is 3.21. The first-order chi connectivity index (χ1) is 8.33. The molecule has 17 heavy (non-hydrogen) atoms. The fourth-order valence-corrected chi connectivity index (χ4v) is 2.22. The van der Waals surface area contributed by atoms with E-state index in [0.717, 1.165) is 17.5 Å². The summed E-state index contributed by atoms with van der Waals surface area (Å²) in [7, 11) is 0. The van der Waals surface area contributed by atoms with Crippen molar-refractivity contribution >= 4 is 5.57 Å². The van der Waals surface area contributed by atoms with Crippen LogP contribution in [0.15, 0.2) is 30.5 Å². The van der Waals surface area contributed by atoms with Crippen molar-refractivity contribution in [3.8, 4) is 0 Å². The minimum Gasteiger partial charge on any atom is -0.468 e. The van der Waals surface area contributed by atoms with Crippen molar-refractivity contribution < 1.29 is 9.84 Å². The van der Waals surface area contributed by atoms with Gasteiger partial charge in [-0.3, -0.25) is 0 Å². The minimum absolute atomic E-state index is 0.800. The van der Waals surface area contributed by atoms with Gasteiger partial charge in [0.2, 0.25) is 6.29 Å². The molecule has 1 unspecified atom stereocenters. The zero-order valence-electron chi connectivity index (χ0n) is 10.4. The second-order valence-corrected chi connectivity index (χ2v) is 4.53. The first-order valence-electron chi connectivity index (χ1n) is 6.44. The lowest BCUT2D eigenvalue weighted by atomic mass is 9.94. The number of aliphatic hydroxyl groups excluding tert-OH is 1. The number of fused-ring (bicyclic) bond motifs is 1. The Bertz CT molecular complexity index is 396. The van der Waals surface area contributed by atoms with Crippen molar-refractivity contribution in [3.63, 3.8) is 0 Å². The quantitative estimate of drug-likeness (QED) is 0.777. The van der Waals surface area contributed by atoms with E-state index in [9.17, 15) is 5.11 Å². The van der Waals surface area contributed by atoms with Crippen molar-refractivity contribution in [1.29, 1.82) is 0 Å². The summed E-state index contributed by atoms with van der Waals surface area (Å²) in [6.45, 7) is 2.22. The van der Waals surface area contributed by atoms with Crippen LogP contribution in [0.25, 0.3) is 5.57 Å². The summed E-state index contributed by atoms with van der Waals surface area (Å²) < 4.78 is 5.27. The van der Waals surface area contributed by atoms with Gasteiger partial charge >= 0.3 is 0 Å². The van der Waals surface area contributed by atoms with E-state index in [-0.39, 0.29) is 0 Å². The highest BCUT2D eigenvalue weighted by Crippen LogP contribution is 2.33. The van der Waals surface area contributed by atoms with E-state index in [0.29, 0.717) is 0 Å². The molecule has 1 N–H and O–H groups in total. The Balaban J connectivity index is 2.04. The predicted octanol–water partition coefficient (Wildman–Crippen LogP) is 4.02. The summed E-state index contributed by atoms with van der Waals surface area (Å²) in [5.41, 5.74) is 3.24. The third-order valence-electron chi connectivity index (χ3n) is 3.21. The maximum Gasteiger partial charge on any atom is 0.223 e. The molecule has 0 saturated carbocycles. The molecule has 1 aromatic rings. The van der Waals surface area contributed by atoms with Crippen molar-refractivity contribution in [2.45, 2.75) is 45.3 Å². The molecule has 0 bridgehead atoms. The van der Waals surface area contributed by atoms with Crippen molar-refractivity contribution in [3.05, 3.63) is 41.7 Å². The molecule has 1 heterocycles. The number of aliphatic hydroxyl groups is 1. The van der Waals surface area contributed by atoms with Gasteiger partial charge in [0.25, 0.3) is 0 Å². The van der Waals surface area contributed by atoms with Gasteiger partial charge < -0.3 is 9.84 Å². The molecule has 0 aliphatic carbocycles. The van der Waals surface area contributed by atoms with Gasteiger partial charge in [0.05, 0.1) is 6.26 Å². The number of ether oxygens (including phenoxy) is 1. The fraction of sp³-hybridized carbons (Fsp3) is 0.467. The average molecular weight is 232 g/mol. The van der Waals surface area contributed by atoms with E-state index in [2.05, 4.69) is 13.0 Å². The summed E-state index contributed by atoms with van der Waals surface area (Å²) in [5, 5.41) is 9.72. The molecule has 1 aliphatic rings. The van der Waals surface area contributed by atoms with Gasteiger partial charge in [-0.05, 0) is 24.0 Å². The summed E-state index contributed by atoms with van der Waals surface area (Å²) in [4.78, 5) is 0. The molecule has 1 atom stereocenters. The van der Waals surface area contributed by atoms with Crippen LogP contribution in [0.2, 0.25) is 0 Å². The molecule has 0 amide bonds. The van der Waals surface area contributed by atoms with Crippen LogP contribution in [-0.2, 0) is 4.74 Å². The Kier molecular flexibility index (Phi) is 4.21. The van der Waals surface area contributed by atoms with Crippen LogP contribution in [0.4, 0.5) is 0 Å². The molecule has 2 heteroatoms. The number of unbranched alkanes of at least 4 members (excludes halogenated alkanes) is 3. The lowest BCUT2D eigenvalue weighted by molar-refractivity contribution is -0.0563. The van der Waals surface area contributed by atoms with E-state index >= 15 is 0 Å². The molecule has 0 aromatic heterocycles. The molecule has 1 aliphatic heterocycles. The monoisotopic (exact) mass is 232 g/mol. The highest BCUT2D eigenvalue weighted by molar-refractivity contribution is 5.68. The Morgan fingerprint density at radius 2 is 2.00 bits per heavy atom. The topological polar surface area (TPSA) is 29.5 Å².